The minimum absolute atomic E-state index is 0.197. The van der Waals surface area contributed by atoms with E-state index in [4.69, 9.17) is 0 Å². The minimum atomic E-state index is -0.197. The van der Waals surface area contributed by atoms with Gasteiger partial charge in [-0.3, -0.25) is 4.79 Å². The topological polar surface area (TPSA) is 58.1 Å². The monoisotopic (exact) mass is 324 g/mol. The number of carbonyl (C=O) groups is 1. The molecule has 3 rings (SSSR count). The molecule has 0 atom stereocenters. The second kappa shape index (κ2) is 7.43. The van der Waals surface area contributed by atoms with Crippen LogP contribution in [-0.2, 0) is 0 Å². The van der Waals surface area contributed by atoms with E-state index >= 15 is 0 Å². The number of aromatic nitrogens is 2. The maximum absolute atomic E-state index is 12.5. The Bertz CT molecular complexity index is 721. The molecule has 0 aliphatic carbocycles. The molecule has 1 aromatic heterocycles. The molecular weight excluding hydrogens is 300 g/mol. The van der Waals surface area contributed by atoms with Gasteiger partial charge < -0.3 is 10.2 Å². The van der Waals surface area contributed by atoms with Gasteiger partial charge in [-0.1, -0.05) is 18.9 Å². The zero-order valence-electron chi connectivity index (χ0n) is 14.4. The Morgan fingerprint density at radius 2 is 1.79 bits per heavy atom. The molecule has 0 spiro atoms. The number of carbonyl (C=O) groups excluding carboxylic acids is 1. The van der Waals surface area contributed by atoms with Crippen LogP contribution < -0.4 is 10.2 Å². The summed E-state index contributed by atoms with van der Waals surface area (Å²) < 4.78 is 0. The van der Waals surface area contributed by atoms with Crippen LogP contribution in [0.5, 0.6) is 0 Å². The molecule has 24 heavy (non-hydrogen) atoms. The van der Waals surface area contributed by atoms with Crippen molar-refractivity contribution in [2.45, 2.75) is 39.5 Å². The van der Waals surface area contributed by atoms with Crippen molar-refractivity contribution in [1.29, 1.82) is 0 Å². The smallest absolute Gasteiger partial charge is 0.274 e. The maximum atomic E-state index is 12.5. The van der Waals surface area contributed by atoms with E-state index in [1.807, 2.05) is 25.1 Å². The van der Waals surface area contributed by atoms with Gasteiger partial charge in [0.1, 0.15) is 5.69 Å². The third-order valence-corrected chi connectivity index (χ3v) is 4.53. The van der Waals surface area contributed by atoms with Crippen LogP contribution in [0.25, 0.3) is 0 Å². The Morgan fingerprint density at radius 1 is 1.04 bits per heavy atom. The predicted octanol–water partition coefficient (Wildman–Crippen LogP) is 3.73. The van der Waals surface area contributed by atoms with E-state index in [-0.39, 0.29) is 5.91 Å². The van der Waals surface area contributed by atoms with Gasteiger partial charge in [0.15, 0.2) is 0 Å². The Hall–Kier alpha value is -2.43. The van der Waals surface area contributed by atoms with Gasteiger partial charge in [0.25, 0.3) is 5.91 Å². The molecule has 2 aromatic rings. The van der Waals surface area contributed by atoms with E-state index in [1.54, 1.807) is 12.3 Å². The molecule has 1 amide bonds. The highest BCUT2D eigenvalue weighted by atomic mass is 16.1. The Labute approximate surface area is 143 Å². The van der Waals surface area contributed by atoms with Crippen molar-refractivity contribution < 1.29 is 4.79 Å². The molecule has 1 aliphatic rings. The first-order valence-electron chi connectivity index (χ1n) is 8.60. The number of amides is 1. The molecule has 0 saturated carbocycles. The Balaban J connectivity index is 1.74. The molecule has 0 unspecified atom stereocenters. The third-order valence-electron chi connectivity index (χ3n) is 4.53. The SMILES string of the molecule is Cc1ccc(NC(=O)c2ccnc(N3CCCCCC3)n2)cc1C. The van der Waals surface area contributed by atoms with Crippen LogP contribution in [0.4, 0.5) is 11.6 Å². The lowest BCUT2D eigenvalue weighted by molar-refractivity contribution is 0.102. The van der Waals surface area contributed by atoms with Gasteiger partial charge in [-0.05, 0) is 56.0 Å². The van der Waals surface area contributed by atoms with Crippen LogP contribution >= 0.6 is 0 Å². The molecule has 2 heterocycles. The average molecular weight is 324 g/mol. The summed E-state index contributed by atoms with van der Waals surface area (Å²) in [5.74, 6) is 0.460. The van der Waals surface area contributed by atoms with Crippen molar-refractivity contribution in [3.05, 3.63) is 47.3 Å². The minimum Gasteiger partial charge on any atom is -0.341 e. The highest BCUT2D eigenvalue weighted by Gasteiger charge is 2.15. The van der Waals surface area contributed by atoms with E-state index in [0.717, 1.165) is 37.2 Å². The van der Waals surface area contributed by atoms with Gasteiger partial charge in [0, 0.05) is 25.0 Å². The number of anilines is 2. The Kier molecular flexibility index (Phi) is 5.08. The van der Waals surface area contributed by atoms with Crippen LogP contribution in [0.1, 0.15) is 47.3 Å². The number of nitrogens with zero attached hydrogens (tertiary/aromatic N) is 3. The second-order valence-corrected chi connectivity index (χ2v) is 6.40. The molecule has 1 aromatic carbocycles. The summed E-state index contributed by atoms with van der Waals surface area (Å²) in [5.41, 5.74) is 3.56. The van der Waals surface area contributed by atoms with Crippen LogP contribution in [0.2, 0.25) is 0 Å². The summed E-state index contributed by atoms with van der Waals surface area (Å²) in [6.07, 6.45) is 6.49. The highest BCUT2D eigenvalue weighted by Crippen LogP contribution is 2.17. The standard InChI is InChI=1S/C19H24N4O/c1-14-7-8-16(13-15(14)2)21-18(24)17-9-10-20-19(22-17)23-11-5-3-4-6-12-23/h7-10,13H,3-6,11-12H2,1-2H3,(H,21,24). The lowest BCUT2D eigenvalue weighted by Gasteiger charge is -2.20. The second-order valence-electron chi connectivity index (χ2n) is 6.40. The molecular formula is C19H24N4O. The highest BCUT2D eigenvalue weighted by molar-refractivity contribution is 6.03. The third kappa shape index (κ3) is 3.91. The first-order chi connectivity index (χ1) is 11.6. The van der Waals surface area contributed by atoms with Gasteiger partial charge in [0.2, 0.25) is 5.95 Å². The fraction of sp³-hybridized carbons (Fsp3) is 0.421. The van der Waals surface area contributed by atoms with Crippen molar-refractivity contribution in [2.24, 2.45) is 0 Å². The Morgan fingerprint density at radius 3 is 2.50 bits per heavy atom. The number of hydrogen-bond acceptors (Lipinski definition) is 4. The normalized spacial score (nSPS) is 15.0. The number of aryl methyl sites for hydroxylation is 2. The summed E-state index contributed by atoms with van der Waals surface area (Å²) in [7, 11) is 0. The van der Waals surface area contributed by atoms with Crippen molar-refractivity contribution >= 4 is 17.5 Å². The van der Waals surface area contributed by atoms with E-state index in [2.05, 4.69) is 27.1 Å². The van der Waals surface area contributed by atoms with Crippen molar-refractivity contribution in [3.8, 4) is 0 Å². The first-order valence-corrected chi connectivity index (χ1v) is 8.60. The predicted molar refractivity (Wildman–Crippen MR) is 96.6 cm³/mol. The van der Waals surface area contributed by atoms with Crippen molar-refractivity contribution in [2.75, 3.05) is 23.3 Å². The number of nitrogens with one attached hydrogen (secondary N) is 1. The molecule has 0 radical (unpaired) electrons. The van der Waals surface area contributed by atoms with Gasteiger partial charge >= 0.3 is 0 Å². The number of hydrogen-bond donors (Lipinski definition) is 1. The summed E-state index contributed by atoms with van der Waals surface area (Å²) in [6, 6.07) is 7.56. The lowest BCUT2D eigenvalue weighted by atomic mass is 10.1. The molecule has 1 saturated heterocycles. The van der Waals surface area contributed by atoms with Gasteiger partial charge in [-0.2, -0.15) is 0 Å². The van der Waals surface area contributed by atoms with Crippen molar-refractivity contribution in [1.82, 2.24) is 9.97 Å². The van der Waals surface area contributed by atoms with E-state index in [0.29, 0.717) is 11.6 Å². The van der Waals surface area contributed by atoms with Gasteiger partial charge in [0.05, 0.1) is 0 Å². The fourth-order valence-electron chi connectivity index (χ4n) is 2.91. The van der Waals surface area contributed by atoms with Crippen molar-refractivity contribution in [3.63, 3.8) is 0 Å². The summed E-state index contributed by atoms with van der Waals surface area (Å²) in [4.78, 5) is 23.5. The number of rotatable bonds is 3. The molecule has 5 nitrogen and oxygen atoms in total. The number of benzene rings is 1. The average Bonchev–Trinajstić information content (AvgIpc) is 2.88. The zero-order chi connectivity index (χ0) is 16.9. The van der Waals surface area contributed by atoms with Crippen LogP contribution in [0.15, 0.2) is 30.5 Å². The summed E-state index contributed by atoms with van der Waals surface area (Å²) >= 11 is 0. The summed E-state index contributed by atoms with van der Waals surface area (Å²) in [5, 5.41) is 2.92. The van der Waals surface area contributed by atoms with E-state index in [1.165, 1.54) is 18.4 Å². The molecule has 1 N–H and O–H groups in total. The van der Waals surface area contributed by atoms with Gasteiger partial charge in [-0.25, -0.2) is 9.97 Å². The molecule has 1 fully saturated rings. The zero-order valence-corrected chi connectivity index (χ0v) is 14.4. The van der Waals surface area contributed by atoms with Crippen LogP contribution in [0, 0.1) is 13.8 Å². The molecule has 0 bridgehead atoms. The quantitative estimate of drug-likeness (QED) is 0.934. The molecule has 1 aliphatic heterocycles. The largest absolute Gasteiger partial charge is 0.341 e. The summed E-state index contributed by atoms with van der Waals surface area (Å²) in [6.45, 7) is 6.01. The lowest BCUT2D eigenvalue weighted by Crippen LogP contribution is -2.27. The van der Waals surface area contributed by atoms with Crippen LogP contribution in [0.3, 0.4) is 0 Å². The molecule has 126 valence electrons. The maximum Gasteiger partial charge on any atom is 0.274 e. The van der Waals surface area contributed by atoms with Gasteiger partial charge in [-0.15, -0.1) is 0 Å². The van der Waals surface area contributed by atoms with Crippen LogP contribution in [-0.4, -0.2) is 29.0 Å². The van der Waals surface area contributed by atoms with E-state index < -0.39 is 0 Å². The fourth-order valence-corrected chi connectivity index (χ4v) is 2.91. The first kappa shape index (κ1) is 16.4. The van der Waals surface area contributed by atoms with E-state index in [9.17, 15) is 4.79 Å². The molecule has 5 heteroatoms.